The fourth-order valence-electron chi connectivity index (χ4n) is 1.32. The van der Waals surface area contributed by atoms with Crippen LogP contribution in [-0.4, -0.2) is 17.6 Å². The van der Waals surface area contributed by atoms with Gasteiger partial charge >= 0.3 is 5.97 Å². The van der Waals surface area contributed by atoms with Gasteiger partial charge in [-0.2, -0.15) is 0 Å². The highest BCUT2D eigenvalue weighted by atomic mass is 16.4. The summed E-state index contributed by atoms with van der Waals surface area (Å²) in [4.78, 5) is 10.6. The average molecular weight is 219 g/mol. The number of hydrogen-bond donors (Lipinski definition) is 2. The molecular formula is C13H17NO2. The first-order valence-corrected chi connectivity index (χ1v) is 5.21. The van der Waals surface area contributed by atoms with Crippen LogP contribution in [0, 0.1) is 6.92 Å². The number of nitrogens with one attached hydrogen (secondary N) is 1. The first-order valence-electron chi connectivity index (χ1n) is 5.21. The van der Waals surface area contributed by atoms with Crippen LogP contribution in [0.25, 0.3) is 0 Å². The van der Waals surface area contributed by atoms with Crippen LogP contribution in [0.5, 0.6) is 0 Å². The van der Waals surface area contributed by atoms with E-state index >= 15 is 0 Å². The summed E-state index contributed by atoms with van der Waals surface area (Å²) >= 11 is 0. The molecule has 0 aliphatic rings. The van der Waals surface area contributed by atoms with Crippen molar-refractivity contribution in [3.05, 3.63) is 47.5 Å². The fraction of sp³-hybridized carbons (Fsp3) is 0.308. The zero-order chi connectivity index (χ0) is 12.1. The molecule has 1 aromatic rings. The summed E-state index contributed by atoms with van der Waals surface area (Å²) < 4.78 is 0. The molecule has 1 aromatic carbocycles. The topological polar surface area (TPSA) is 49.3 Å². The summed E-state index contributed by atoms with van der Waals surface area (Å²) in [7, 11) is 0. The van der Waals surface area contributed by atoms with Gasteiger partial charge in [0, 0.05) is 18.2 Å². The number of carboxylic acid groups (broad SMARTS) is 1. The molecule has 1 rings (SSSR count). The Balaban J connectivity index is 2.52. The molecule has 0 saturated heterocycles. The predicted octanol–water partition coefficient (Wildman–Crippen LogP) is 2.29. The van der Waals surface area contributed by atoms with Crippen molar-refractivity contribution in [2.45, 2.75) is 19.9 Å². The molecule has 0 aliphatic carbocycles. The SMILES string of the molecule is C=C(CN[C@H](C)c1ccc(C)cc1)C(=O)O. The molecule has 0 fully saturated rings. The van der Waals surface area contributed by atoms with Gasteiger partial charge in [0.2, 0.25) is 0 Å². The van der Waals surface area contributed by atoms with Gasteiger partial charge in [0.15, 0.2) is 0 Å². The Kier molecular flexibility index (Phi) is 4.26. The van der Waals surface area contributed by atoms with E-state index in [1.54, 1.807) is 0 Å². The van der Waals surface area contributed by atoms with Gasteiger partial charge in [-0.15, -0.1) is 0 Å². The third-order valence-corrected chi connectivity index (χ3v) is 2.50. The maximum absolute atomic E-state index is 10.6. The zero-order valence-corrected chi connectivity index (χ0v) is 9.66. The number of carboxylic acids is 1. The molecule has 86 valence electrons. The predicted molar refractivity (Wildman–Crippen MR) is 64.4 cm³/mol. The van der Waals surface area contributed by atoms with Crippen LogP contribution < -0.4 is 5.32 Å². The fourth-order valence-corrected chi connectivity index (χ4v) is 1.32. The Bertz CT molecular complexity index is 381. The van der Waals surface area contributed by atoms with Crippen molar-refractivity contribution in [3.8, 4) is 0 Å². The molecular weight excluding hydrogens is 202 g/mol. The molecule has 0 spiro atoms. The molecule has 0 saturated carbocycles. The van der Waals surface area contributed by atoms with E-state index in [0.29, 0.717) is 6.54 Å². The zero-order valence-electron chi connectivity index (χ0n) is 9.66. The molecule has 0 bridgehead atoms. The van der Waals surface area contributed by atoms with Gasteiger partial charge in [-0.1, -0.05) is 36.4 Å². The Morgan fingerprint density at radius 1 is 1.44 bits per heavy atom. The molecule has 16 heavy (non-hydrogen) atoms. The van der Waals surface area contributed by atoms with Crippen molar-refractivity contribution >= 4 is 5.97 Å². The molecule has 0 amide bonds. The number of aliphatic carboxylic acids is 1. The molecule has 1 atom stereocenters. The minimum absolute atomic E-state index is 0.122. The second-order valence-electron chi connectivity index (χ2n) is 3.92. The van der Waals surface area contributed by atoms with E-state index in [0.717, 1.165) is 5.56 Å². The number of hydrogen-bond acceptors (Lipinski definition) is 2. The molecule has 0 aromatic heterocycles. The number of aryl methyl sites for hydroxylation is 1. The lowest BCUT2D eigenvalue weighted by molar-refractivity contribution is -0.132. The van der Waals surface area contributed by atoms with Gasteiger partial charge < -0.3 is 10.4 Å². The van der Waals surface area contributed by atoms with Crippen molar-refractivity contribution in [3.63, 3.8) is 0 Å². The lowest BCUT2D eigenvalue weighted by Crippen LogP contribution is -2.23. The van der Waals surface area contributed by atoms with Crippen LogP contribution in [0.1, 0.15) is 24.1 Å². The van der Waals surface area contributed by atoms with E-state index in [4.69, 9.17) is 5.11 Å². The summed E-state index contributed by atoms with van der Waals surface area (Å²) in [6.07, 6.45) is 0. The smallest absolute Gasteiger partial charge is 0.332 e. The van der Waals surface area contributed by atoms with Gasteiger partial charge in [-0.25, -0.2) is 4.79 Å². The van der Waals surface area contributed by atoms with Crippen LogP contribution in [0.3, 0.4) is 0 Å². The largest absolute Gasteiger partial charge is 0.478 e. The van der Waals surface area contributed by atoms with E-state index in [2.05, 4.69) is 11.9 Å². The summed E-state index contributed by atoms with van der Waals surface area (Å²) in [5.74, 6) is -0.955. The Labute approximate surface area is 95.8 Å². The highest BCUT2D eigenvalue weighted by Gasteiger charge is 2.07. The Morgan fingerprint density at radius 3 is 2.50 bits per heavy atom. The van der Waals surface area contributed by atoms with Crippen LogP contribution >= 0.6 is 0 Å². The highest BCUT2D eigenvalue weighted by Crippen LogP contribution is 2.12. The van der Waals surface area contributed by atoms with E-state index in [1.165, 1.54) is 5.56 Å². The normalized spacial score (nSPS) is 12.1. The second kappa shape index (κ2) is 5.47. The lowest BCUT2D eigenvalue weighted by Gasteiger charge is -2.14. The van der Waals surface area contributed by atoms with Crippen LogP contribution in [0.4, 0.5) is 0 Å². The Morgan fingerprint density at radius 2 is 2.00 bits per heavy atom. The van der Waals surface area contributed by atoms with E-state index in [-0.39, 0.29) is 11.6 Å². The van der Waals surface area contributed by atoms with E-state index in [1.807, 2.05) is 38.1 Å². The Hall–Kier alpha value is -1.61. The monoisotopic (exact) mass is 219 g/mol. The summed E-state index contributed by atoms with van der Waals surface area (Å²) in [5.41, 5.74) is 2.54. The number of carbonyl (C=O) groups is 1. The van der Waals surface area contributed by atoms with Gasteiger partial charge in [-0.3, -0.25) is 0 Å². The summed E-state index contributed by atoms with van der Waals surface area (Å²) in [6, 6.07) is 8.28. The maximum atomic E-state index is 10.6. The average Bonchev–Trinajstić information content (AvgIpc) is 2.26. The van der Waals surface area contributed by atoms with Crippen LogP contribution in [-0.2, 0) is 4.79 Å². The molecule has 0 aliphatic heterocycles. The maximum Gasteiger partial charge on any atom is 0.332 e. The molecule has 3 nitrogen and oxygen atoms in total. The van der Waals surface area contributed by atoms with Crippen molar-refractivity contribution in [1.82, 2.24) is 5.32 Å². The highest BCUT2D eigenvalue weighted by molar-refractivity contribution is 5.86. The summed E-state index contributed by atoms with van der Waals surface area (Å²) in [6.45, 7) is 7.80. The summed E-state index contributed by atoms with van der Waals surface area (Å²) in [5, 5.41) is 11.8. The van der Waals surface area contributed by atoms with E-state index in [9.17, 15) is 4.79 Å². The van der Waals surface area contributed by atoms with Gasteiger partial charge in [0.1, 0.15) is 0 Å². The first kappa shape index (κ1) is 12.5. The van der Waals surface area contributed by atoms with Crippen molar-refractivity contribution in [2.75, 3.05) is 6.54 Å². The molecule has 0 heterocycles. The van der Waals surface area contributed by atoms with E-state index < -0.39 is 5.97 Å². The van der Waals surface area contributed by atoms with Crippen LogP contribution in [0.2, 0.25) is 0 Å². The molecule has 0 radical (unpaired) electrons. The van der Waals surface area contributed by atoms with Gasteiger partial charge in [0.25, 0.3) is 0 Å². The molecule has 0 unspecified atom stereocenters. The number of rotatable bonds is 5. The standard InChI is InChI=1S/C13H17NO2/c1-9-4-6-12(7-5-9)11(3)14-8-10(2)13(15)16/h4-7,11,14H,2,8H2,1,3H3,(H,15,16)/t11-/m1/s1. The minimum Gasteiger partial charge on any atom is -0.478 e. The lowest BCUT2D eigenvalue weighted by atomic mass is 10.1. The second-order valence-corrected chi connectivity index (χ2v) is 3.92. The van der Waals surface area contributed by atoms with Crippen molar-refractivity contribution < 1.29 is 9.90 Å². The van der Waals surface area contributed by atoms with Crippen molar-refractivity contribution in [1.29, 1.82) is 0 Å². The van der Waals surface area contributed by atoms with Gasteiger partial charge in [0.05, 0.1) is 0 Å². The molecule has 3 heteroatoms. The van der Waals surface area contributed by atoms with Crippen molar-refractivity contribution in [2.24, 2.45) is 0 Å². The third kappa shape index (κ3) is 3.51. The van der Waals surface area contributed by atoms with Gasteiger partial charge in [-0.05, 0) is 19.4 Å². The quantitative estimate of drug-likeness (QED) is 0.747. The third-order valence-electron chi connectivity index (χ3n) is 2.50. The van der Waals surface area contributed by atoms with Crippen LogP contribution in [0.15, 0.2) is 36.4 Å². The minimum atomic E-state index is -0.955. The first-order chi connectivity index (χ1) is 7.50. The molecule has 2 N–H and O–H groups in total. The number of benzene rings is 1.